The second-order valence-electron chi connectivity index (χ2n) is 10.2. The van der Waals surface area contributed by atoms with E-state index >= 15 is 0 Å². The number of carboxylic acid groups (broad SMARTS) is 1. The highest BCUT2D eigenvalue weighted by atomic mass is 19.1. The maximum absolute atomic E-state index is 14.3. The van der Waals surface area contributed by atoms with Gasteiger partial charge in [0.1, 0.15) is 18.2 Å². The number of amides is 1. The second-order valence-corrected chi connectivity index (χ2v) is 10.2. The molecule has 0 saturated heterocycles. The first-order chi connectivity index (χ1) is 20.7. The van der Waals surface area contributed by atoms with Gasteiger partial charge in [0.05, 0.1) is 34.6 Å². The van der Waals surface area contributed by atoms with E-state index in [1.807, 2.05) is 41.8 Å². The van der Waals surface area contributed by atoms with Gasteiger partial charge in [-0.15, -0.1) is 0 Å². The van der Waals surface area contributed by atoms with Crippen molar-refractivity contribution in [2.75, 3.05) is 19.0 Å². The molecule has 2 heterocycles. The number of aryl methyl sites for hydroxylation is 1. The van der Waals surface area contributed by atoms with Crippen LogP contribution in [0.4, 0.5) is 10.1 Å². The number of hydrogen-bond acceptors (Lipinski definition) is 6. The molecule has 0 fully saturated rings. The minimum atomic E-state index is -1.01. The van der Waals surface area contributed by atoms with E-state index in [-0.39, 0.29) is 23.9 Å². The maximum Gasteiger partial charge on any atom is 0.335 e. The Morgan fingerprint density at radius 1 is 1.02 bits per heavy atom. The highest BCUT2D eigenvalue weighted by molar-refractivity contribution is 5.94. The van der Waals surface area contributed by atoms with Gasteiger partial charge >= 0.3 is 5.97 Å². The average molecular weight is 583 g/mol. The largest absolute Gasteiger partial charge is 0.478 e. The molecule has 220 valence electrons. The van der Waals surface area contributed by atoms with Crippen molar-refractivity contribution in [3.8, 4) is 17.1 Å². The molecular formula is C33H31FN4O5. The van der Waals surface area contributed by atoms with E-state index in [1.165, 1.54) is 19.1 Å². The lowest BCUT2D eigenvalue weighted by atomic mass is 10.0. The molecule has 2 aromatic heterocycles. The van der Waals surface area contributed by atoms with E-state index in [0.29, 0.717) is 59.0 Å². The van der Waals surface area contributed by atoms with Crippen molar-refractivity contribution in [1.29, 1.82) is 0 Å². The van der Waals surface area contributed by atoms with Gasteiger partial charge in [-0.05, 0) is 54.4 Å². The summed E-state index contributed by atoms with van der Waals surface area (Å²) in [7, 11) is 1.61. The van der Waals surface area contributed by atoms with Crippen LogP contribution in [0.1, 0.15) is 39.8 Å². The zero-order valence-corrected chi connectivity index (χ0v) is 24.1. The van der Waals surface area contributed by atoms with Crippen molar-refractivity contribution in [3.63, 3.8) is 0 Å². The molecule has 5 rings (SSSR count). The van der Waals surface area contributed by atoms with Crippen LogP contribution < -0.4 is 10.1 Å². The van der Waals surface area contributed by atoms with Crippen LogP contribution in [0.3, 0.4) is 0 Å². The summed E-state index contributed by atoms with van der Waals surface area (Å²) in [6.45, 7) is 4.20. The van der Waals surface area contributed by atoms with Crippen LogP contribution in [0.15, 0.2) is 72.8 Å². The number of nitrogens with one attached hydrogen (secondary N) is 1. The Labute approximate surface area is 247 Å². The number of nitrogens with zero attached hydrogens (tertiary/aromatic N) is 3. The van der Waals surface area contributed by atoms with E-state index in [1.54, 1.807) is 37.4 Å². The first-order valence-corrected chi connectivity index (χ1v) is 13.7. The molecule has 0 spiro atoms. The third-order valence-corrected chi connectivity index (χ3v) is 6.93. The van der Waals surface area contributed by atoms with Crippen molar-refractivity contribution in [1.82, 2.24) is 14.5 Å². The number of rotatable bonds is 11. The highest BCUT2D eigenvalue weighted by Gasteiger charge is 2.16. The fourth-order valence-electron chi connectivity index (χ4n) is 4.84. The maximum atomic E-state index is 14.3. The zero-order valence-electron chi connectivity index (χ0n) is 24.1. The van der Waals surface area contributed by atoms with Crippen molar-refractivity contribution >= 4 is 28.6 Å². The van der Waals surface area contributed by atoms with E-state index in [2.05, 4.69) is 10.3 Å². The SMILES string of the molecule is COCCn1c(Cc2ccc(-c3cccc(OCc4ccc(C)cc4F)n3)c(NC(C)=O)c2)nc2ccc(C(=O)O)cc21. The zero-order chi connectivity index (χ0) is 30.5. The van der Waals surface area contributed by atoms with E-state index < -0.39 is 5.97 Å². The van der Waals surface area contributed by atoms with E-state index in [9.17, 15) is 19.1 Å². The van der Waals surface area contributed by atoms with Gasteiger partial charge in [-0.25, -0.2) is 19.2 Å². The predicted octanol–water partition coefficient (Wildman–Crippen LogP) is 6.02. The molecule has 0 aliphatic heterocycles. The highest BCUT2D eigenvalue weighted by Crippen LogP contribution is 2.31. The van der Waals surface area contributed by atoms with E-state index in [0.717, 1.165) is 17.0 Å². The van der Waals surface area contributed by atoms with Crippen LogP contribution in [0.2, 0.25) is 0 Å². The van der Waals surface area contributed by atoms with Crippen LogP contribution in [-0.4, -0.2) is 45.2 Å². The molecule has 0 bridgehead atoms. The third kappa shape index (κ3) is 6.87. The van der Waals surface area contributed by atoms with Gasteiger partial charge < -0.3 is 24.5 Å². The summed E-state index contributed by atoms with van der Waals surface area (Å²) in [6.07, 6.45) is 0.423. The first kappa shape index (κ1) is 29.4. The molecule has 0 radical (unpaired) electrons. The molecular weight excluding hydrogens is 551 g/mol. The number of halogens is 1. The van der Waals surface area contributed by atoms with Gasteiger partial charge in [0.15, 0.2) is 0 Å². The van der Waals surface area contributed by atoms with Crippen molar-refractivity contribution in [3.05, 3.63) is 107 Å². The van der Waals surface area contributed by atoms with Crippen LogP contribution in [0.25, 0.3) is 22.3 Å². The fourth-order valence-corrected chi connectivity index (χ4v) is 4.84. The Morgan fingerprint density at radius 2 is 1.86 bits per heavy atom. The summed E-state index contributed by atoms with van der Waals surface area (Å²) in [5, 5.41) is 12.4. The molecule has 43 heavy (non-hydrogen) atoms. The second kappa shape index (κ2) is 12.8. The van der Waals surface area contributed by atoms with Gasteiger partial charge in [0.2, 0.25) is 11.8 Å². The number of carboxylic acids is 1. The van der Waals surface area contributed by atoms with Crippen molar-refractivity contribution < 1.29 is 28.6 Å². The molecule has 2 N–H and O–H groups in total. The Morgan fingerprint density at radius 3 is 2.60 bits per heavy atom. The molecule has 1 amide bonds. The molecule has 3 aromatic carbocycles. The summed E-state index contributed by atoms with van der Waals surface area (Å²) in [5.74, 6) is -0.535. The number of hydrogen-bond donors (Lipinski definition) is 2. The Balaban J connectivity index is 1.45. The van der Waals surface area contributed by atoms with Crippen LogP contribution in [0, 0.1) is 12.7 Å². The van der Waals surface area contributed by atoms with Crippen LogP contribution in [-0.2, 0) is 29.1 Å². The van der Waals surface area contributed by atoms with Gasteiger partial charge in [-0.3, -0.25) is 4.79 Å². The number of methoxy groups -OCH3 is 1. The molecule has 0 aliphatic rings. The summed E-state index contributed by atoms with van der Waals surface area (Å²) in [5.41, 5.74) is 5.52. The lowest BCUT2D eigenvalue weighted by molar-refractivity contribution is -0.114. The van der Waals surface area contributed by atoms with Crippen LogP contribution in [0.5, 0.6) is 5.88 Å². The Kier molecular flexibility index (Phi) is 8.77. The Bertz CT molecular complexity index is 1820. The number of fused-ring (bicyclic) bond motifs is 1. The number of aromatic carboxylic acids is 1. The summed E-state index contributed by atoms with van der Waals surface area (Å²) in [6, 6.07) is 20.8. The smallest absolute Gasteiger partial charge is 0.335 e. The van der Waals surface area contributed by atoms with Gasteiger partial charge in [0, 0.05) is 44.2 Å². The molecule has 5 aromatic rings. The summed E-state index contributed by atoms with van der Waals surface area (Å²) >= 11 is 0. The van der Waals surface area contributed by atoms with Gasteiger partial charge in [-0.1, -0.05) is 30.3 Å². The normalized spacial score (nSPS) is 11.1. The summed E-state index contributed by atoms with van der Waals surface area (Å²) in [4.78, 5) is 33.1. The minimum Gasteiger partial charge on any atom is -0.478 e. The number of aromatic nitrogens is 3. The monoisotopic (exact) mass is 582 g/mol. The Hall–Kier alpha value is -5.09. The molecule has 10 heteroatoms. The molecule has 0 atom stereocenters. The molecule has 0 unspecified atom stereocenters. The number of imidazole rings is 1. The number of anilines is 1. The molecule has 9 nitrogen and oxygen atoms in total. The molecule has 0 aliphatic carbocycles. The first-order valence-electron chi connectivity index (χ1n) is 13.7. The average Bonchev–Trinajstić information content (AvgIpc) is 3.31. The molecule has 0 saturated carbocycles. The van der Waals surface area contributed by atoms with Gasteiger partial charge in [0.25, 0.3) is 0 Å². The fraction of sp³-hybridized carbons (Fsp3) is 0.212. The quantitative estimate of drug-likeness (QED) is 0.196. The minimum absolute atomic E-state index is 0.0259. The van der Waals surface area contributed by atoms with Crippen LogP contribution >= 0.6 is 0 Å². The lowest BCUT2D eigenvalue weighted by Gasteiger charge is -2.14. The number of benzene rings is 3. The number of ether oxygens (including phenoxy) is 2. The van der Waals surface area contributed by atoms with Crippen molar-refractivity contribution in [2.24, 2.45) is 0 Å². The number of carbonyl (C=O) groups excluding carboxylic acids is 1. The van der Waals surface area contributed by atoms with Crippen molar-refractivity contribution in [2.45, 2.75) is 33.4 Å². The lowest BCUT2D eigenvalue weighted by Crippen LogP contribution is -2.10. The van der Waals surface area contributed by atoms with E-state index in [4.69, 9.17) is 14.5 Å². The summed E-state index contributed by atoms with van der Waals surface area (Å²) < 4.78 is 27.3. The van der Waals surface area contributed by atoms with Gasteiger partial charge in [-0.2, -0.15) is 0 Å². The topological polar surface area (TPSA) is 116 Å². The standard InChI is InChI=1S/C33H31FN4O5/c1-20-7-9-24(26(34)15-20)19-43-32-6-4-5-27(37-32)25-11-8-22(16-29(25)35-21(2)39)17-31-36-28-12-10-23(33(40)41)18-30(28)38(31)13-14-42-3/h4-12,15-16,18H,13-14,17,19H2,1-3H3,(H,35,39)(H,40,41). The third-order valence-electron chi connectivity index (χ3n) is 6.93. The number of carbonyl (C=O) groups is 2. The number of pyridine rings is 1. The predicted molar refractivity (Wildman–Crippen MR) is 161 cm³/mol.